The molecule has 10 heteroatoms. The lowest BCUT2D eigenvalue weighted by Gasteiger charge is -2.11. The van der Waals surface area contributed by atoms with Crippen LogP contribution < -0.4 is 10.1 Å². The molecule has 3 rings (SSSR count). The fraction of sp³-hybridized carbons (Fsp3) is 0.143. The van der Waals surface area contributed by atoms with Gasteiger partial charge < -0.3 is 10.1 Å². The second-order valence-electron chi connectivity index (χ2n) is 4.68. The molecule has 0 bridgehead atoms. The normalized spacial score (nSPS) is 11.8. The average Bonchev–Trinajstić information content (AvgIpc) is 2.94. The molecule has 0 spiro atoms. The van der Waals surface area contributed by atoms with E-state index in [1.54, 1.807) is 19.2 Å². The highest BCUT2D eigenvalue weighted by atomic mass is 127. The van der Waals surface area contributed by atoms with E-state index in [0.29, 0.717) is 28.3 Å². The standard InChI is InChI=1S/C14H11ClF2IN4OP/c1-23-9-5-3-2-4-7(9)19-8-6-10(15)20-13-11(8)21-14(12(16)17)22(13)24-18/h2-6,12,24H,1H3,(H,19,20). The van der Waals surface area contributed by atoms with Crippen molar-refractivity contribution in [1.82, 2.24) is 14.3 Å². The van der Waals surface area contributed by atoms with Crippen molar-refractivity contribution >= 4 is 62.6 Å². The van der Waals surface area contributed by atoms with E-state index in [2.05, 4.69) is 15.3 Å². The van der Waals surface area contributed by atoms with Crippen LogP contribution in [0.5, 0.6) is 5.75 Å². The van der Waals surface area contributed by atoms with Crippen molar-refractivity contribution in [2.75, 3.05) is 12.4 Å². The van der Waals surface area contributed by atoms with Crippen LogP contribution in [0.4, 0.5) is 20.2 Å². The molecule has 0 aliphatic rings. The molecule has 0 saturated heterocycles. The van der Waals surface area contributed by atoms with E-state index in [1.165, 1.54) is 4.34 Å². The van der Waals surface area contributed by atoms with Crippen LogP contribution in [0.15, 0.2) is 30.3 Å². The molecular weight excluding hydrogens is 472 g/mol. The van der Waals surface area contributed by atoms with Gasteiger partial charge in [-0.15, -0.1) is 0 Å². The van der Waals surface area contributed by atoms with Crippen LogP contribution in [-0.2, 0) is 0 Å². The van der Waals surface area contributed by atoms with Gasteiger partial charge in [-0.1, -0.05) is 23.7 Å². The maximum atomic E-state index is 13.2. The number of nitrogens with one attached hydrogen (secondary N) is 1. The lowest BCUT2D eigenvalue weighted by molar-refractivity contribution is 0.140. The maximum absolute atomic E-state index is 13.2. The van der Waals surface area contributed by atoms with Gasteiger partial charge in [-0.3, -0.25) is 4.34 Å². The van der Waals surface area contributed by atoms with Crippen LogP contribution in [0.2, 0.25) is 5.15 Å². The van der Waals surface area contributed by atoms with Gasteiger partial charge in [0.25, 0.3) is 6.43 Å². The van der Waals surface area contributed by atoms with Crippen LogP contribution in [0, 0.1) is 0 Å². The molecule has 0 saturated carbocycles. The summed E-state index contributed by atoms with van der Waals surface area (Å²) in [6, 6.07) is 8.82. The zero-order valence-corrected chi connectivity index (χ0v) is 16.1. The van der Waals surface area contributed by atoms with Crippen molar-refractivity contribution in [1.29, 1.82) is 0 Å². The Morgan fingerprint density at radius 2 is 2.04 bits per heavy atom. The zero-order valence-electron chi connectivity index (χ0n) is 12.2. The predicted molar refractivity (Wildman–Crippen MR) is 102 cm³/mol. The monoisotopic (exact) mass is 482 g/mol. The number of halogens is 4. The summed E-state index contributed by atoms with van der Waals surface area (Å²) < 4.78 is 33.2. The van der Waals surface area contributed by atoms with E-state index >= 15 is 0 Å². The van der Waals surface area contributed by atoms with Crippen LogP contribution in [0.25, 0.3) is 11.2 Å². The van der Waals surface area contributed by atoms with Crippen molar-refractivity contribution in [2.45, 2.75) is 6.43 Å². The summed E-state index contributed by atoms with van der Waals surface area (Å²) in [5.74, 6) is 0.290. The van der Waals surface area contributed by atoms with Gasteiger partial charge in [0.05, 0.1) is 24.9 Å². The quantitative estimate of drug-likeness (QED) is 0.294. The van der Waals surface area contributed by atoms with Gasteiger partial charge in [-0.25, -0.2) is 18.7 Å². The predicted octanol–water partition coefficient (Wildman–Crippen LogP) is 5.57. The Morgan fingerprint density at radius 1 is 1.29 bits per heavy atom. The minimum Gasteiger partial charge on any atom is -0.495 e. The van der Waals surface area contributed by atoms with Crippen molar-refractivity contribution in [2.24, 2.45) is 0 Å². The van der Waals surface area contributed by atoms with Gasteiger partial charge in [-0.05, 0) is 34.2 Å². The topological polar surface area (TPSA) is 52.0 Å². The fourth-order valence-electron chi connectivity index (χ4n) is 2.25. The molecule has 0 aliphatic carbocycles. The molecule has 3 aromatic rings. The number of benzene rings is 1. The summed E-state index contributed by atoms with van der Waals surface area (Å²) >= 11 is 8.08. The third kappa shape index (κ3) is 3.27. The Balaban J connectivity index is 2.17. The molecule has 0 amide bonds. The molecule has 2 aromatic heterocycles. The number of alkyl halides is 2. The summed E-state index contributed by atoms with van der Waals surface area (Å²) in [5, 5.41) is 3.33. The molecule has 0 aliphatic heterocycles. The zero-order chi connectivity index (χ0) is 17.3. The molecule has 1 atom stereocenters. The number of rotatable bonds is 5. The second kappa shape index (κ2) is 7.33. The van der Waals surface area contributed by atoms with E-state index in [0.717, 1.165) is 0 Å². The lowest BCUT2D eigenvalue weighted by Crippen LogP contribution is -1.96. The third-order valence-corrected chi connectivity index (χ3v) is 5.52. The smallest absolute Gasteiger partial charge is 0.295 e. The lowest BCUT2D eigenvalue weighted by atomic mass is 10.2. The van der Waals surface area contributed by atoms with Gasteiger partial charge in [0.1, 0.15) is 16.4 Å². The van der Waals surface area contributed by atoms with Crippen LogP contribution >= 0.6 is 40.0 Å². The highest BCUT2D eigenvalue weighted by molar-refractivity contribution is 14.2. The van der Waals surface area contributed by atoms with Gasteiger partial charge >= 0.3 is 0 Å². The second-order valence-corrected chi connectivity index (χ2v) is 7.13. The number of aromatic nitrogens is 3. The molecule has 24 heavy (non-hydrogen) atoms. The van der Waals surface area contributed by atoms with E-state index in [9.17, 15) is 8.78 Å². The molecule has 1 unspecified atom stereocenters. The van der Waals surface area contributed by atoms with E-state index in [-0.39, 0.29) is 17.4 Å². The number of methoxy groups -OCH3 is 1. The number of hydrogen-bond donors (Lipinski definition) is 1. The summed E-state index contributed by atoms with van der Waals surface area (Å²) in [6.45, 7) is 0. The number of fused-ring (bicyclic) bond motifs is 1. The molecule has 5 nitrogen and oxygen atoms in total. The highest BCUT2D eigenvalue weighted by Gasteiger charge is 2.22. The van der Waals surface area contributed by atoms with Crippen molar-refractivity contribution in [3.63, 3.8) is 0 Å². The van der Waals surface area contributed by atoms with Crippen molar-refractivity contribution in [3.8, 4) is 5.75 Å². The Kier molecular flexibility index (Phi) is 5.36. The summed E-state index contributed by atoms with van der Waals surface area (Å²) in [4.78, 5) is 8.22. The first-order chi connectivity index (χ1) is 11.5. The van der Waals surface area contributed by atoms with E-state index < -0.39 is 6.43 Å². The van der Waals surface area contributed by atoms with Crippen LogP contribution in [0.1, 0.15) is 12.2 Å². The van der Waals surface area contributed by atoms with Gasteiger partial charge in [0.15, 0.2) is 11.5 Å². The van der Waals surface area contributed by atoms with Crippen molar-refractivity contribution in [3.05, 3.63) is 41.3 Å². The number of anilines is 2. The Hall–Kier alpha value is -1.25. The minimum atomic E-state index is -2.70. The highest BCUT2D eigenvalue weighted by Crippen LogP contribution is 2.38. The van der Waals surface area contributed by atoms with Crippen LogP contribution in [-0.4, -0.2) is 21.4 Å². The largest absolute Gasteiger partial charge is 0.495 e. The number of pyridine rings is 1. The van der Waals surface area contributed by atoms with Crippen molar-refractivity contribution < 1.29 is 13.5 Å². The third-order valence-electron chi connectivity index (χ3n) is 3.27. The summed E-state index contributed by atoms with van der Waals surface area (Å²) in [7, 11) is 1.55. The fourth-order valence-corrected chi connectivity index (χ4v) is 4.34. The number of para-hydroxylation sites is 2. The Bertz CT molecular complexity index is 893. The minimum absolute atomic E-state index is 0.0288. The van der Waals surface area contributed by atoms with Gasteiger partial charge in [-0.2, -0.15) is 0 Å². The number of nitrogens with zero attached hydrogens (tertiary/aromatic N) is 3. The first-order valence-electron chi connectivity index (χ1n) is 6.69. The average molecular weight is 483 g/mol. The molecule has 126 valence electrons. The van der Waals surface area contributed by atoms with Gasteiger partial charge in [0.2, 0.25) is 0 Å². The Morgan fingerprint density at radius 3 is 2.71 bits per heavy atom. The SMILES string of the molecule is COc1ccccc1Nc1cc(Cl)nc2c1nc(C(F)F)n2PI. The van der Waals surface area contributed by atoms with E-state index in [4.69, 9.17) is 16.3 Å². The number of hydrogen-bond acceptors (Lipinski definition) is 4. The first-order valence-corrected chi connectivity index (χ1v) is 11.1. The molecule has 0 radical (unpaired) electrons. The summed E-state index contributed by atoms with van der Waals surface area (Å²) in [6.07, 6.45) is -2.67. The molecule has 2 heterocycles. The van der Waals surface area contributed by atoms with E-state index in [1.807, 2.05) is 40.2 Å². The van der Waals surface area contributed by atoms with Gasteiger partial charge in [0, 0.05) is 6.07 Å². The number of ether oxygens (including phenoxy) is 1. The summed E-state index contributed by atoms with van der Waals surface area (Å²) in [5.41, 5.74) is 1.83. The maximum Gasteiger partial charge on any atom is 0.295 e. The molecule has 1 aromatic carbocycles. The molecule has 0 fully saturated rings. The first kappa shape index (κ1) is 17.6. The Labute approximate surface area is 156 Å². The molecular formula is C14H11ClF2IN4OP. The number of imidazole rings is 1. The molecule has 1 N–H and O–H groups in total. The van der Waals surface area contributed by atoms with Crippen LogP contribution in [0.3, 0.4) is 0 Å².